The number of carbonyl (C=O) groups excluding carboxylic acids is 2. The number of nitrogens with one attached hydrogen (secondary N) is 3. The van der Waals surface area contributed by atoms with Crippen LogP contribution in [0.3, 0.4) is 0 Å². The van der Waals surface area contributed by atoms with Gasteiger partial charge in [-0.1, -0.05) is 0 Å². The minimum Gasteiger partial charge on any atom is -0.488 e. The van der Waals surface area contributed by atoms with E-state index in [-0.39, 0.29) is 30.4 Å². The highest BCUT2D eigenvalue weighted by atomic mass is 16.5. The maximum absolute atomic E-state index is 11.6. The van der Waals surface area contributed by atoms with E-state index in [0.29, 0.717) is 41.5 Å². The molecule has 1 saturated heterocycles. The number of H-pyrrole nitrogens is 1. The highest BCUT2D eigenvalue weighted by molar-refractivity contribution is 5.95. The van der Waals surface area contributed by atoms with Crippen LogP contribution in [-0.4, -0.2) is 46.0 Å². The van der Waals surface area contributed by atoms with Crippen molar-refractivity contribution in [2.75, 3.05) is 18.5 Å². The van der Waals surface area contributed by atoms with Crippen LogP contribution in [0.5, 0.6) is 11.5 Å². The molecular weight excluding hydrogens is 374 g/mol. The number of anilines is 1. The van der Waals surface area contributed by atoms with Crippen molar-refractivity contribution in [3.63, 3.8) is 0 Å². The van der Waals surface area contributed by atoms with E-state index in [9.17, 15) is 9.59 Å². The van der Waals surface area contributed by atoms with Crippen molar-refractivity contribution in [3.8, 4) is 22.8 Å². The summed E-state index contributed by atoms with van der Waals surface area (Å²) in [6.07, 6.45) is 1.91. The second-order valence-corrected chi connectivity index (χ2v) is 7.24. The lowest BCUT2D eigenvalue weighted by atomic mass is 10.0. The Bertz CT molecular complexity index is 1130. The zero-order chi connectivity index (χ0) is 20.0. The van der Waals surface area contributed by atoms with Gasteiger partial charge >= 0.3 is 0 Å². The molecular formula is C20H19N5O4. The van der Waals surface area contributed by atoms with Gasteiger partial charge in [-0.15, -0.1) is 0 Å². The molecule has 0 aliphatic carbocycles. The Balaban J connectivity index is 1.50. The maximum atomic E-state index is 11.6. The van der Waals surface area contributed by atoms with Crippen LogP contribution in [-0.2, 0) is 9.59 Å². The van der Waals surface area contributed by atoms with Gasteiger partial charge in [0.1, 0.15) is 17.4 Å². The van der Waals surface area contributed by atoms with Crippen molar-refractivity contribution in [1.82, 2.24) is 20.3 Å². The number of nitrogens with zero attached hydrogens (tertiary/aromatic N) is 2. The van der Waals surface area contributed by atoms with Crippen molar-refractivity contribution < 1.29 is 19.1 Å². The van der Waals surface area contributed by atoms with Gasteiger partial charge in [0.15, 0.2) is 18.2 Å². The maximum Gasteiger partial charge on any atom is 0.263 e. The van der Waals surface area contributed by atoms with Crippen molar-refractivity contribution in [2.45, 2.75) is 19.4 Å². The first-order valence-electron chi connectivity index (χ1n) is 9.41. The molecule has 0 spiro atoms. The van der Waals surface area contributed by atoms with Gasteiger partial charge in [0, 0.05) is 24.4 Å². The average molecular weight is 393 g/mol. The Morgan fingerprint density at radius 3 is 2.97 bits per heavy atom. The minimum atomic E-state index is -0.233. The van der Waals surface area contributed by atoms with Crippen LogP contribution in [0.15, 0.2) is 30.6 Å². The third kappa shape index (κ3) is 3.24. The van der Waals surface area contributed by atoms with Crippen LogP contribution in [0.25, 0.3) is 22.3 Å². The lowest BCUT2D eigenvalue weighted by molar-refractivity contribution is -0.120. The standard InChI is InChI=1S/C20H19N5O4/c1-10(12-6-17(26)21-7-12)29-16-5-11(4-14-19(16)23-9-22-14)13-2-3-15-20(24-13)25-18(27)8-28-15/h2-5,9-10,12H,6-8H2,1H3,(H,21,26)(H,22,23)(H,24,25,27)/t10-,12-/m1/s1. The zero-order valence-electron chi connectivity index (χ0n) is 15.7. The smallest absolute Gasteiger partial charge is 0.263 e. The van der Waals surface area contributed by atoms with Crippen LogP contribution >= 0.6 is 0 Å². The molecule has 9 heteroatoms. The van der Waals surface area contributed by atoms with Gasteiger partial charge in [-0.2, -0.15) is 0 Å². The lowest BCUT2D eigenvalue weighted by Crippen LogP contribution is -2.26. The van der Waals surface area contributed by atoms with Gasteiger partial charge in [0.05, 0.1) is 17.5 Å². The molecule has 2 aliphatic heterocycles. The molecule has 3 N–H and O–H groups in total. The summed E-state index contributed by atoms with van der Waals surface area (Å²) in [7, 11) is 0. The number of hydrogen-bond acceptors (Lipinski definition) is 6. The molecule has 1 aromatic carbocycles. The Kier molecular flexibility index (Phi) is 4.08. The van der Waals surface area contributed by atoms with Crippen LogP contribution in [0.2, 0.25) is 0 Å². The molecule has 4 heterocycles. The number of benzene rings is 1. The Morgan fingerprint density at radius 1 is 1.24 bits per heavy atom. The Morgan fingerprint density at radius 2 is 2.14 bits per heavy atom. The van der Waals surface area contributed by atoms with E-state index < -0.39 is 0 Å². The average Bonchev–Trinajstić information content (AvgIpc) is 3.36. The normalized spacial score (nSPS) is 19.3. The summed E-state index contributed by atoms with van der Waals surface area (Å²) in [5, 5.41) is 5.57. The fourth-order valence-corrected chi connectivity index (χ4v) is 3.64. The zero-order valence-corrected chi connectivity index (χ0v) is 15.7. The van der Waals surface area contributed by atoms with E-state index in [0.717, 1.165) is 11.1 Å². The number of hydrogen-bond donors (Lipinski definition) is 3. The SMILES string of the molecule is C[C@@H](Oc1cc(-c2ccc3c(n2)NC(=O)CO3)cc2[nH]cnc12)[C@H]1CNC(=O)C1. The predicted octanol–water partition coefficient (Wildman–Crippen LogP) is 1.86. The number of imidazole rings is 1. The number of aromatic nitrogens is 3. The first-order valence-corrected chi connectivity index (χ1v) is 9.41. The molecule has 0 unspecified atom stereocenters. The van der Waals surface area contributed by atoms with E-state index in [1.54, 1.807) is 12.4 Å². The number of ether oxygens (including phenoxy) is 2. The fourth-order valence-electron chi connectivity index (χ4n) is 3.64. The molecule has 1 fully saturated rings. The molecule has 0 radical (unpaired) electrons. The first kappa shape index (κ1) is 17.5. The van der Waals surface area contributed by atoms with Crippen molar-refractivity contribution >= 4 is 28.7 Å². The number of amides is 2. The molecule has 5 rings (SSSR count). The van der Waals surface area contributed by atoms with Crippen LogP contribution in [0.1, 0.15) is 13.3 Å². The van der Waals surface area contributed by atoms with E-state index in [1.807, 2.05) is 25.1 Å². The third-order valence-electron chi connectivity index (χ3n) is 5.24. The van der Waals surface area contributed by atoms with Gasteiger partial charge in [-0.3, -0.25) is 9.59 Å². The van der Waals surface area contributed by atoms with Gasteiger partial charge in [0.25, 0.3) is 5.91 Å². The number of fused-ring (bicyclic) bond motifs is 2. The van der Waals surface area contributed by atoms with Crippen molar-refractivity contribution in [1.29, 1.82) is 0 Å². The molecule has 2 aromatic heterocycles. The van der Waals surface area contributed by atoms with Crippen LogP contribution < -0.4 is 20.1 Å². The van der Waals surface area contributed by atoms with Crippen molar-refractivity contribution in [2.24, 2.45) is 5.92 Å². The quantitative estimate of drug-likeness (QED) is 0.623. The molecule has 9 nitrogen and oxygen atoms in total. The van der Waals surface area contributed by atoms with Gasteiger partial charge < -0.3 is 25.1 Å². The first-order chi connectivity index (χ1) is 14.1. The lowest BCUT2D eigenvalue weighted by Gasteiger charge is -2.20. The van der Waals surface area contributed by atoms with E-state index in [1.165, 1.54) is 0 Å². The topological polar surface area (TPSA) is 118 Å². The largest absolute Gasteiger partial charge is 0.488 e. The molecule has 0 saturated carbocycles. The summed E-state index contributed by atoms with van der Waals surface area (Å²) in [6.45, 7) is 2.55. The number of aromatic amines is 1. The summed E-state index contributed by atoms with van der Waals surface area (Å²) < 4.78 is 11.6. The second-order valence-electron chi connectivity index (χ2n) is 7.24. The number of pyridine rings is 1. The van der Waals surface area contributed by atoms with E-state index in [2.05, 4.69) is 25.6 Å². The summed E-state index contributed by atoms with van der Waals surface area (Å²) in [5.41, 5.74) is 3.01. The third-order valence-corrected chi connectivity index (χ3v) is 5.24. The van der Waals surface area contributed by atoms with Crippen LogP contribution in [0, 0.1) is 5.92 Å². The summed E-state index contributed by atoms with van der Waals surface area (Å²) in [5.74, 6) is 1.48. The predicted molar refractivity (Wildman–Crippen MR) is 105 cm³/mol. The number of rotatable bonds is 4. The highest BCUT2D eigenvalue weighted by Gasteiger charge is 2.28. The Hall–Kier alpha value is -3.62. The highest BCUT2D eigenvalue weighted by Crippen LogP contribution is 2.34. The van der Waals surface area contributed by atoms with Gasteiger partial charge in [-0.05, 0) is 31.2 Å². The van der Waals surface area contributed by atoms with E-state index in [4.69, 9.17) is 9.47 Å². The molecule has 2 amide bonds. The van der Waals surface area contributed by atoms with Gasteiger partial charge in [0.2, 0.25) is 5.91 Å². The second kappa shape index (κ2) is 6.77. The molecule has 3 aromatic rings. The summed E-state index contributed by atoms with van der Waals surface area (Å²) >= 11 is 0. The molecule has 148 valence electrons. The summed E-state index contributed by atoms with van der Waals surface area (Å²) in [6, 6.07) is 7.43. The number of carbonyl (C=O) groups is 2. The molecule has 0 bridgehead atoms. The monoisotopic (exact) mass is 393 g/mol. The Labute approximate surface area is 165 Å². The summed E-state index contributed by atoms with van der Waals surface area (Å²) in [4.78, 5) is 35.1. The molecule has 29 heavy (non-hydrogen) atoms. The van der Waals surface area contributed by atoms with Crippen LogP contribution in [0.4, 0.5) is 5.82 Å². The van der Waals surface area contributed by atoms with E-state index >= 15 is 0 Å². The fraction of sp³-hybridized carbons (Fsp3) is 0.300. The molecule has 2 atom stereocenters. The minimum absolute atomic E-state index is 0.0114. The molecule has 2 aliphatic rings. The van der Waals surface area contributed by atoms with Gasteiger partial charge in [-0.25, -0.2) is 9.97 Å². The van der Waals surface area contributed by atoms with Crippen molar-refractivity contribution in [3.05, 3.63) is 30.6 Å².